The topological polar surface area (TPSA) is 17.1 Å². The Kier molecular flexibility index (Phi) is 3.26. The summed E-state index contributed by atoms with van der Waals surface area (Å²) in [6.07, 6.45) is 4.00. The molecule has 0 bridgehead atoms. The van der Waals surface area contributed by atoms with Gasteiger partial charge in [0.2, 0.25) is 0 Å². The molecule has 1 aromatic carbocycles. The van der Waals surface area contributed by atoms with Gasteiger partial charge in [-0.15, -0.1) is 0 Å². The zero-order valence-corrected chi connectivity index (χ0v) is 8.43. The van der Waals surface area contributed by atoms with E-state index in [1.165, 1.54) is 6.08 Å². The normalized spacial score (nSPS) is 10.7. The van der Waals surface area contributed by atoms with Crippen molar-refractivity contribution in [2.24, 2.45) is 0 Å². The molecule has 0 aliphatic carbocycles. The summed E-state index contributed by atoms with van der Waals surface area (Å²) in [5, 5.41) is 0.795. The number of aryl methyl sites for hydroxylation is 2. The molecule has 0 aliphatic rings. The van der Waals surface area contributed by atoms with E-state index in [2.05, 4.69) is 0 Å². The maximum absolute atomic E-state index is 10.1. The minimum absolute atomic E-state index is 0.763. The van der Waals surface area contributed by atoms with Gasteiger partial charge in [0.05, 0.1) is 0 Å². The summed E-state index contributed by atoms with van der Waals surface area (Å²) < 4.78 is 0. The van der Waals surface area contributed by atoms with Crippen LogP contribution < -0.4 is 0 Å². The van der Waals surface area contributed by atoms with Gasteiger partial charge in [-0.05, 0) is 36.6 Å². The number of halogens is 1. The number of benzene rings is 1. The van der Waals surface area contributed by atoms with E-state index in [4.69, 9.17) is 11.6 Å². The van der Waals surface area contributed by atoms with E-state index in [0.717, 1.165) is 28.0 Å². The van der Waals surface area contributed by atoms with Gasteiger partial charge in [-0.1, -0.05) is 29.8 Å². The molecular weight excluding hydrogens is 184 g/mol. The molecule has 13 heavy (non-hydrogen) atoms. The molecule has 2 heteroatoms. The van der Waals surface area contributed by atoms with Crippen molar-refractivity contribution in [1.82, 2.24) is 0 Å². The van der Waals surface area contributed by atoms with E-state index in [9.17, 15) is 4.79 Å². The van der Waals surface area contributed by atoms with E-state index >= 15 is 0 Å². The Hall–Kier alpha value is -1.08. The third-order valence-electron chi connectivity index (χ3n) is 1.83. The van der Waals surface area contributed by atoms with Crippen LogP contribution in [0, 0.1) is 13.8 Å². The summed E-state index contributed by atoms with van der Waals surface area (Å²) >= 11 is 5.99. The van der Waals surface area contributed by atoms with Crippen molar-refractivity contribution in [3.63, 3.8) is 0 Å². The smallest absolute Gasteiger partial charge is 0.142 e. The number of hydrogen-bond acceptors (Lipinski definition) is 1. The Morgan fingerprint density at radius 2 is 1.77 bits per heavy atom. The molecule has 0 amide bonds. The summed E-state index contributed by atoms with van der Waals surface area (Å²) in [6.45, 7) is 3.90. The Morgan fingerprint density at radius 3 is 2.23 bits per heavy atom. The van der Waals surface area contributed by atoms with Crippen molar-refractivity contribution in [3.05, 3.63) is 39.9 Å². The second-order valence-corrected chi connectivity index (χ2v) is 3.34. The van der Waals surface area contributed by atoms with Crippen LogP contribution in [-0.2, 0) is 4.79 Å². The number of carbonyl (C=O) groups excluding carboxylic acids is 1. The number of hydrogen-bond donors (Lipinski definition) is 0. The standard InChI is InChI=1S/C11H11ClO/c1-8-6-10(4-3-5-13)7-9(2)11(8)12/h3-7H,1-2H3. The lowest BCUT2D eigenvalue weighted by Crippen LogP contribution is -1.83. The van der Waals surface area contributed by atoms with Gasteiger partial charge < -0.3 is 0 Å². The molecule has 0 unspecified atom stereocenters. The zero-order valence-electron chi connectivity index (χ0n) is 7.67. The van der Waals surface area contributed by atoms with Crippen LogP contribution in [-0.4, -0.2) is 6.29 Å². The molecule has 68 valence electrons. The van der Waals surface area contributed by atoms with Crippen molar-refractivity contribution in [3.8, 4) is 0 Å². The molecule has 0 fully saturated rings. The second-order valence-electron chi connectivity index (χ2n) is 2.96. The fourth-order valence-corrected chi connectivity index (χ4v) is 1.34. The molecule has 1 rings (SSSR count). The van der Waals surface area contributed by atoms with Gasteiger partial charge in [0.15, 0.2) is 0 Å². The van der Waals surface area contributed by atoms with Crippen LogP contribution in [0.25, 0.3) is 6.08 Å². The maximum atomic E-state index is 10.1. The first-order chi connectivity index (χ1) is 6.15. The van der Waals surface area contributed by atoms with E-state index < -0.39 is 0 Å². The SMILES string of the molecule is Cc1cc(C=CC=O)cc(C)c1Cl. The van der Waals surface area contributed by atoms with Gasteiger partial charge in [0.25, 0.3) is 0 Å². The van der Waals surface area contributed by atoms with Gasteiger partial charge in [0.1, 0.15) is 6.29 Å². The van der Waals surface area contributed by atoms with Gasteiger partial charge in [-0.2, -0.15) is 0 Å². The molecule has 0 aromatic heterocycles. The zero-order chi connectivity index (χ0) is 9.84. The predicted molar refractivity (Wildman–Crippen MR) is 56.0 cm³/mol. The van der Waals surface area contributed by atoms with E-state index in [1.807, 2.05) is 26.0 Å². The monoisotopic (exact) mass is 194 g/mol. The van der Waals surface area contributed by atoms with Gasteiger partial charge >= 0.3 is 0 Å². The fraction of sp³-hybridized carbons (Fsp3) is 0.182. The first-order valence-electron chi connectivity index (χ1n) is 4.03. The van der Waals surface area contributed by atoms with Crippen LogP contribution in [0.15, 0.2) is 18.2 Å². The van der Waals surface area contributed by atoms with Crippen molar-refractivity contribution in [2.75, 3.05) is 0 Å². The van der Waals surface area contributed by atoms with E-state index in [1.54, 1.807) is 6.08 Å². The molecule has 0 atom stereocenters. The molecule has 0 heterocycles. The molecule has 0 saturated carbocycles. The van der Waals surface area contributed by atoms with Gasteiger partial charge in [-0.3, -0.25) is 4.79 Å². The third-order valence-corrected chi connectivity index (χ3v) is 2.42. The Labute approximate surface area is 83.0 Å². The van der Waals surface area contributed by atoms with E-state index in [-0.39, 0.29) is 0 Å². The predicted octanol–water partition coefficient (Wildman–Crippen LogP) is 3.17. The van der Waals surface area contributed by atoms with Crippen molar-refractivity contribution in [1.29, 1.82) is 0 Å². The van der Waals surface area contributed by atoms with Gasteiger partial charge in [0, 0.05) is 5.02 Å². The molecule has 0 spiro atoms. The average molecular weight is 195 g/mol. The summed E-state index contributed by atoms with van der Waals surface area (Å²) in [5.74, 6) is 0. The number of carbonyl (C=O) groups is 1. The minimum atomic E-state index is 0.763. The Bertz CT molecular complexity index is 330. The number of allylic oxidation sites excluding steroid dienone is 1. The quantitative estimate of drug-likeness (QED) is 0.522. The van der Waals surface area contributed by atoms with Crippen LogP contribution in [0.5, 0.6) is 0 Å². The molecule has 1 aromatic rings. The second kappa shape index (κ2) is 4.24. The van der Waals surface area contributed by atoms with Crippen LogP contribution in [0.4, 0.5) is 0 Å². The van der Waals surface area contributed by atoms with E-state index in [0.29, 0.717) is 0 Å². The molecular formula is C11H11ClO. The lowest BCUT2D eigenvalue weighted by atomic mass is 10.1. The van der Waals surface area contributed by atoms with Crippen LogP contribution in [0.2, 0.25) is 5.02 Å². The highest BCUT2D eigenvalue weighted by atomic mass is 35.5. The molecule has 0 aliphatic heterocycles. The summed E-state index contributed by atoms with van der Waals surface area (Å²) in [4.78, 5) is 10.1. The van der Waals surface area contributed by atoms with Crippen LogP contribution >= 0.6 is 11.6 Å². The van der Waals surface area contributed by atoms with Crippen molar-refractivity contribution >= 4 is 24.0 Å². The highest BCUT2D eigenvalue weighted by Gasteiger charge is 1.99. The first kappa shape index (κ1) is 10.0. The average Bonchev–Trinajstić information content (AvgIpc) is 2.10. The lowest BCUT2D eigenvalue weighted by Gasteiger charge is -2.03. The summed E-state index contributed by atoms with van der Waals surface area (Å²) in [7, 11) is 0. The largest absolute Gasteiger partial charge is 0.299 e. The fourth-order valence-electron chi connectivity index (χ4n) is 1.23. The van der Waals surface area contributed by atoms with Gasteiger partial charge in [-0.25, -0.2) is 0 Å². The Balaban J connectivity index is 3.12. The molecule has 0 radical (unpaired) electrons. The third kappa shape index (κ3) is 2.43. The highest BCUT2D eigenvalue weighted by molar-refractivity contribution is 6.32. The van der Waals surface area contributed by atoms with Crippen molar-refractivity contribution in [2.45, 2.75) is 13.8 Å². The molecule has 1 nitrogen and oxygen atoms in total. The Morgan fingerprint density at radius 1 is 1.23 bits per heavy atom. The molecule has 0 saturated heterocycles. The minimum Gasteiger partial charge on any atom is -0.299 e. The lowest BCUT2D eigenvalue weighted by molar-refractivity contribution is -0.104. The molecule has 0 N–H and O–H groups in total. The number of rotatable bonds is 2. The maximum Gasteiger partial charge on any atom is 0.142 e. The van der Waals surface area contributed by atoms with Crippen LogP contribution in [0.1, 0.15) is 16.7 Å². The first-order valence-corrected chi connectivity index (χ1v) is 4.41. The van der Waals surface area contributed by atoms with Crippen LogP contribution in [0.3, 0.4) is 0 Å². The van der Waals surface area contributed by atoms with Crippen molar-refractivity contribution < 1.29 is 4.79 Å². The number of aldehydes is 1. The summed E-state index contributed by atoms with van der Waals surface area (Å²) in [6, 6.07) is 3.91. The summed E-state index contributed by atoms with van der Waals surface area (Å²) in [5.41, 5.74) is 3.07. The highest BCUT2D eigenvalue weighted by Crippen LogP contribution is 2.22.